The van der Waals surface area contributed by atoms with E-state index in [1.54, 1.807) is 0 Å². The molecule has 3 aromatic rings. The number of rotatable bonds is 2. The first-order valence-corrected chi connectivity index (χ1v) is 11.9. The first-order valence-electron chi connectivity index (χ1n) is 11.9. The van der Waals surface area contributed by atoms with Crippen molar-refractivity contribution in [2.24, 2.45) is 0 Å². The fourth-order valence-corrected chi connectivity index (χ4v) is 4.72. The summed E-state index contributed by atoms with van der Waals surface area (Å²) in [4.78, 5) is 15.0. The third-order valence-corrected chi connectivity index (χ3v) is 6.45. The molecule has 0 aliphatic carbocycles. The van der Waals surface area contributed by atoms with Gasteiger partial charge in [-0.2, -0.15) is 0 Å². The topological polar surface area (TPSA) is 63.1 Å². The highest BCUT2D eigenvalue weighted by Crippen LogP contribution is 2.28. The summed E-state index contributed by atoms with van der Waals surface area (Å²) in [5.74, 6) is 8.76. The van der Waals surface area contributed by atoms with Crippen molar-refractivity contribution < 1.29 is 4.79 Å². The molecule has 2 aliphatic rings. The Labute approximate surface area is 195 Å². The number of aromatic nitrogens is 3. The van der Waals surface area contributed by atoms with E-state index in [-0.39, 0.29) is 11.9 Å². The Hall–Kier alpha value is -3.59. The van der Waals surface area contributed by atoms with Gasteiger partial charge < -0.3 is 14.8 Å². The van der Waals surface area contributed by atoms with Gasteiger partial charge in [0.05, 0.1) is 0 Å². The van der Waals surface area contributed by atoms with E-state index in [4.69, 9.17) is 0 Å². The van der Waals surface area contributed by atoms with Gasteiger partial charge in [-0.05, 0) is 56.0 Å². The van der Waals surface area contributed by atoms with Gasteiger partial charge in [0.15, 0.2) is 0 Å². The van der Waals surface area contributed by atoms with Crippen LogP contribution in [0.2, 0.25) is 0 Å². The van der Waals surface area contributed by atoms with E-state index < -0.39 is 0 Å². The highest BCUT2D eigenvalue weighted by Gasteiger charge is 2.29. The summed E-state index contributed by atoms with van der Waals surface area (Å²) in [6.07, 6.45) is 6.64. The van der Waals surface area contributed by atoms with Crippen LogP contribution in [0, 0.1) is 11.8 Å². The Balaban J connectivity index is 1.25. The summed E-state index contributed by atoms with van der Waals surface area (Å²) < 4.78 is 2.31. The zero-order chi connectivity index (χ0) is 22.5. The zero-order valence-electron chi connectivity index (χ0n) is 18.8. The van der Waals surface area contributed by atoms with Crippen LogP contribution in [0.1, 0.15) is 60.8 Å². The van der Waals surface area contributed by atoms with Gasteiger partial charge in [-0.3, -0.25) is 0 Å². The minimum Gasteiger partial charge on any atom is -0.324 e. The number of hydrogen-bond donors (Lipinski definition) is 1. The number of nitrogens with zero attached hydrogens (tertiary/aromatic N) is 4. The van der Waals surface area contributed by atoms with Gasteiger partial charge >= 0.3 is 6.03 Å². The van der Waals surface area contributed by atoms with E-state index in [2.05, 4.69) is 31.9 Å². The van der Waals surface area contributed by atoms with Crippen molar-refractivity contribution in [1.82, 2.24) is 19.7 Å². The summed E-state index contributed by atoms with van der Waals surface area (Å²) in [7, 11) is 0. The molecule has 33 heavy (non-hydrogen) atoms. The maximum absolute atomic E-state index is 13.1. The number of urea groups is 1. The van der Waals surface area contributed by atoms with E-state index in [9.17, 15) is 4.79 Å². The molecule has 6 heteroatoms. The summed E-state index contributed by atoms with van der Waals surface area (Å²) in [5, 5.41) is 12.1. The van der Waals surface area contributed by atoms with E-state index >= 15 is 0 Å². The molecule has 1 fully saturated rings. The van der Waals surface area contributed by atoms with Crippen LogP contribution in [0.25, 0.3) is 0 Å². The maximum atomic E-state index is 13.1. The second-order valence-corrected chi connectivity index (χ2v) is 8.85. The fraction of sp³-hybridized carbons (Fsp3) is 0.370. The number of nitrogens with one attached hydrogen (secondary N) is 1. The lowest BCUT2D eigenvalue weighted by molar-refractivity contribution is 0.190. The van der Waals surface area contributed by atoms with Crippen molar-refractivity contribution in [2.75, 3.05) is 18.4 Å². The van der Waals surface area contributed by atoms with Gasteiger partial charge in [0.1, 0.15) is 11.6 Å². The maximum Gasteiger partial charge on any atom is 0.321 e. The second-order valence-electron chi connectivity index (χ2n) is 8.85. The number of benzene rings is 2. The summed E-state index contributed by atoms with van der Waals surface area (Å²) >= 11 is 0. The van der Waals surface area contributed by atoms with Gasteiger partial charge in [-0.25, -0.2) is 4.79 Å². The van der Waals surface area contributed by atoms with E-state index in [1.165, 1.54) is 19.3 Å². The van der Waals surface area contributed by atoms with Gasteiger partial charge in [0, 0.05) is 48.8 Å². The van der Waals surface area contributed by atoms with Crippen molar-refractivity contribution >= 4 is 11.7 Å². The number of amides is 2. The molecule has 1 N–H and O–H groups in total. The van der Waals surface area contributed by atoms with Gasteiger partial charge in [0.2, 0.25) is 0 Å². The van der Waals surface area contributed by atoms with E-state index in [0.29, 0.717) is 6.54 Å². The number of anilines is 1. The lowest BCUT2D eigenvalue weighted by Crippen LogP contribution is -2.42. The smallest absolute Gasteiger partial charge is 0.321 e. The van der Waals surface area contributed by atoms with Crippen LogP contribution in [0.3, 0.4) is 0 Å². The van der Waals surface area contributed by atoms with Crippen molar-refractivity contribution in [3.63, 3.8) is 0 Å². The normalized spacial score (nSPS) is 17.9. The molecule has 1 saturated heterocycles. The minimum atomic E-state index is -0.0662. The number of carbonyl (C=O) groups excluding carboxylic acids is 1. The van der Waals surface area contributed by atoms with Crippen LogP contribution in [-0.2, 0) is 13.0 Å². The standard InChI is InChI=1S/C27H29N5O/c33-27(28-24-13-7-11-22(19-24)16-15-21-9-3-1-4-10-21)31-17-8-12-23(20-31)26-30-29-25-14-5-2-6-18-32(25)26/h1,3-4,7,9-11,13,19,23H,2,5-6,8,12,14,17-18,20H2,(H,28,33). The van der Waals surface area contributed by atoms with Crippen LogP contribution in [0.4, 0.5) is 10.5 Å². The first-order chi connectivity index (χ1) is 16.3. The average Bonchev–Trinajstić information content (AvgIpc) is 3.12. The van der Waals surface area contributed by atoms with E-state index in [0.717, 1.165) is 60.8 Å². The van der Waals surface area contributed by atoms with Crippen LogP contribution >= 0.6 is 0 Å². The Kier molecular flexibility index (Phi) is 6.39. The molecule has 6 nitrogen and oxygen atoms in total. The highest BCUT2D eigenvalue weighted by atomic mass is 16.2. The molecule has 2 aromatic carbocycles. The Morgan fingerprint density at radius 1 is 0.909 bits per heavy atom. The molecule has 1 aromatic heterocycles. The first kappa shape index (κ1) is 21.3. The van der Waals surface area contributed by atoms with Crippen LogP contribution in [-0.4, -0.2) is 38.8 Å². The third-order valence-electron chi connectivity index (χ3n) is 6.45. The molecule has 0 saturated carbocycles. The quantitative estimate of drug-likeness (QED) is 0.583. The monoisotopic (exact) mass is 439 g/mol. The molecule has 0 spiro atoms. The number of hydrogen-bond acceptors (Lipinski definition) is 3. The summed E-state index contributed by atoms with van der Waals surface area (Å²) in [5.41, 5.74) is 2.61. The molecule has 3 heterocycles. The lowest BCUT2D eigenvalue weighted by atomic mass is 9.97. The Morgan fingerprint density at radius 3 is 2.67 bits per heavy atom. The Bertz CT molecular complexity index is 1170. The van der Waals surface area contributed by atoms with Crippen LogP contribution < -0.4 is 5.32 Å². The van der Waals surface area contributed by atoms with Crippen molar-refractivity contribution in [2.45, 2.75) is 51.0 Å². The predicted octanol–water partition coefficient (Wildman–Crippen LogP) is 4.82. The molecule has 0 bridgehead atoms. The molecular weight excluding hydrogens is 410 g/mol. The number of aryl methyl sites for hydroxylation is 1. The van der Waals surface area contributed by atoms with Crippen molar-refractivity contribution in [3.05, 3.63) is 77.4 Å². The van der Waals surface area contributed by atoms with Crippen molar-refractivity contribution in [1.29, 1.82) is 0 Å². The van der Waals surface area contributed by atoms with Gasteiger partial charge in [0.25, 0.3) is 0 Å². The largest absolute Gasteiger partial charge is 0.324 e. The number of piperidine rings is 1. The third kappa shape index (κ3) is 5.09. The number of likely N-dealkylation sites (tertiary alicyclic amines) is 1. The SMILES string of the molecule is O=C(Nc1cccc(C#Cc2ccccc2)c1)N1CCCC(c2nnc3n2CCCCC3)C1. The predicted molar refractivity (Wildman–Crippen MR) is 129 cm³/mol. The molecule has 1 unspecified atom stereocenters. The van der Waals surface area contributed by atoms with Crippen molar-refractivity contribution in [3.8, 4) is 11.8 Å². The molecule has 2 aliphatic heterocycles. The highest BCUT2D eigenvalue weighted by molar-refractivity contribution is 5.89. The molecule has 2 amide bonds. The van der Waals surface area contributed by atoms with Gasteiger partial charge in [-0.1, -0.05) is 42.5 Å². The molecule has 0 radical (unpaired) electrons. The molecule has 5 rings (SSSR count). The summed E-state index contributed by atoms with van der Waals surface area (Å²) in [6, 6.07) is 17.6. The lowest BCUT2D eigenvalue weighted by Gasteiger charge is -2.32. The van der Waals surface area contributed by atoms with E-state index in [1.807, 2.05) is 59.5 Å². The number of fused-ring (bicyclic) bond motifs is 1. The molecule has 168 valence electrons. The zero-order valence-corrected chi connectivity index (χ0v) is 18.8. The van der Waals surface area contributed by atoms with Gasteiger partial charge in [-0.15, -0.1) is 10.2 Å². The van der Waals surface area contributed by atoms with Crippen LogP contribution in [0.5, 0.6) is 0 Å². The summed E-state index contributed by atoms with van der Waals surface area (Å²) in [6.45, 7) is 2.44. The molecule has 1 atom stereocenters. The van der Waals surface area contributed by atoms with Crippen LogP contribution in [0.15, 0.2) is 54.6 Å². The average molecular weight is 440 g/mol. The Morgan fingerprint density at radius 2 is 1.76 bits per heavy atom. The molecular formula is C27H29N5O. The second kappa shape index (κ2) is 9.91. The fourth-order valence-electron chi connectivity index (χ4n) is 4.72. The minimum absolute atomic E-state index is 0.0662. The number of carbonyl (C=O) groups is 1.